The molecule has 0 saturated carbocycles. The number of piperidine rings is 1. The van der Waals surface area contributed by atoms with Gasteiger partial charge < -0.3 is 14.8 Å². The van der Waals surface area contributed by atoms with Crippen LogP contribution in [0.1, 0.15) is 102 Å². The number of nitrogens with one attached hydrogen (secondary N) is 1. The first-order valence-electron chi connectivity index (χ1n) is 17.0. The third-order valence-corrected chi connectivity index (χ3v) is 9.15. The summed E-state index contributed by atoms with van der Waals surface area (Å²) >= 11 is 0. The van der Waals surface area contributed by atoms with Gasteiger partial charge in [-0.15, -0.1) is 0 Å². The Kier molecular flexibility index (Phi) is 13.6. The van der Waals surface area contributed by atoms with Crippen LogP contribution in [0.15, 0.2) is 35.0 Å². The van der Waals surface area contributed by atoms with Crippen LogP contribution in [-0.2, 0) is 16.0 Å². The molecule has 1 aliphatic rings. The molecule has 252 valence electrons. The number of anilines is 1. The SMILES string of the molecule is COc1ccc(C)cc1CC(=O)OC(C)CC1CCCC(C)N1CCCCCCCCCCNc1ccc([N+](=O)[O-])c2nonc12. The molecule has 2 heterocycles. The number of esters is 1. The minimum Gasteiger partial charge on any atom is -0.496 e. The highest BCUT2D eigenvalue weighted by Gasteiger charge is 2.29. The number of nitro benzene ring substituents is 1. The largest absolute Gasteiger partial charge is 0.496 e. The molecule has 3 aromatic rings. The number of aromatic nitrogens is 2. The molecule has 11 heteroatoms. The summed E-state index contributed by atoms with van der Waals surface area (Å²) in [6.45, 7) is 8.26. The second-order valence-electron chi connectivity index (χ2n) is 12.8. The van der Waals surface area contributed by atoms with Crippen LogP contribution >= 0.6 is 0 Å². The molecule has 1 fully saturated rings. The molecule has 1 saturated heterocycles. The van der Waals surface area contributed by atoms with Crippen LogP contribution in [0.25, 0.3) is 11.0 Å². The van der Waals surface area contributed by atoms with Crippen molar-refractivity contribution in [2.45, 2.75) is 122 Å². The fourth-order valence-electron chi connectivity index (χ4n) is 6.74. The molecule has 11 nitrogen and oxygen atoms in total. The highest BCUT2D eigenvalue weighted by Crippen LogP contribution is 2.29. The monoisotopic (exact) mass is 637 g/mol. The number of unbranched alkanes of at least 4 members (excludes halogenated alkanes) is 7. The highest BCUT2D eigenvalue weighted by atomic mass is 16.6. The average molecular weight is 638 g/mol. The molecule has 1 aromatic heterocycles. The first-order chi connectivity index (χ1) is 22.3. The van der Waals surface area contributed by atoms with Crippen molar-refractivity contribution < 1.29 is 23.8 Å². The van der Waals surface area contributed by atoms with Crippen LogP contribution in [0.2, 0.25) is 0 Å². The molecule has 46 heavy (non-hydrogen) atoms. The van der Waals surface area contributed by atoms with Crippen molar-refractivity contribution in [1.29, 1.82) is 0 Å². The molecule has 0 bridgehead atoms. The van der Waals surface area contributed by atoms with E-state index >= 15 is 0 Å². The molecule has 0 spiro atoms. The third kappa shape index (κ3) is 10.1. The number of hydrogen-bond donors (Lipinski definition) is 1. The number of carbonyl (C=O) groups excluding carboxylic acids is 1. The minimum atomic E-state index is -0.476. The van der Waals surface area contributed by atoms with Gasteiger partial charge in [0.2, 0.25) is 5.52 Å². The second-order valence-corrected chi connectivity index (χ2v) is 12.8. The van der Waals surface area contributed by atoms with Crippen LogP contribution < -0.4 is 10.1 Å². The number of aryl methyl sites for hydroxylation is 1. The van der Waals surface area contributed by atoms with E-state index in [1.54, 1.807) is 13.2 Å². The van der Waals surface area contributed by atoms with Gasteiger partial charge in [0.1, 0.15) is 11.9 Å². The number of benzene rings is 2. The molecule has 0 aliphatic carbocycles. The lowest BCUT2D eigenvalue weighted by Gasteiger charge is -2.41. The smallest absolute Gasteiger partial charge is 0.310 e. The van der Waals surface area contributed by atoms with Gasteiger partial charge in [0.15, 0.2) is 5.52 Å². The van der Waals surface area contributed by atoms with Crippen molar-refractivity contribution in [2.75, 3.05) is 25.5 Å². The Bertz CT molecular complexity index is 1410. The van der Waals surface area contributed by atoms with E-state index in [1.807, 2.05) is 32.0 Å². The van der Waals surface area contributed by atoms with Crippen LogP contribution in [-0.4, -0.2) is 64.5 Å². The first-order valence-corrected chi connectivity index (χ1v) is 17.0. The minimum absolute atomic E-state index is 0.101. The molecule has 4 rings (SSSR count). The Morgan fingerprint density at radius 2 is 1.78 bits per heavy atom. The average Bonchev–Trinajstić information content (AvgIpc) is 3.51. The summed E-state index contributed by atoms with van der Waals surface area (Å²) < 4.78 is 16.0. The fraction of sp³-hybridized carbons (Fsp3) is 0.629. The zero-order valence-electron chi connectivity index (χ0n) is 28.0. The van der Waals surface area contributed by atoms with Gasteiger partial charge in [-0.2, -0.15) is 0 Å². The molecular weight excluding hydrogens is 586 g/mol. The number of methoxy groups -OCH3 is 1. The summed E-state index contributed by atoms with van der Waals surface area (Å²) in [6, 6.07) is 10.0. The van der Waals surface area contributed by atoms with Crippen LogP contribution in [0, 0.1) is 17.0 Å². The van der Waals surface area contributed by atoms with E-state index in [0.717, 1.165) is 55.6 Å². The Morgan fingerprint density at radius 1 is 1.07 bits per heavy atom. The van der Waals surface area contributed by atoms with E-state index in [9.17, 15) is 14.9 Å². The molecule has 1 aliphatic heterocycles. The topological polar surface area (TPSA) is 133 Å². The second kappa shape index (κ2) is 17.8. The maximum Gasteiger partial charge on any atom is 0.310 e. The number of likely N-dealkylation sites (tertiary alicyclic amines) is 1. The summed E-state index contributed by atoms with van der Waals surface area (Å²) in [5.41, 5.74) is 3.15. The number of nitrogens with zero attached hydrogens (tertiary/aromatic N) is 4. The summed E-state index contributed by atoms with van der Waals surface area (Å²) in [4.78, 5) is 26.1. The first kappa shape index (κ1) is 35.1. The quantitative estimate of drug-likeness (QED) is 0.0601. The highest BCUT2D eigenvalue weighted by molar-refractivity contribution is 5.93. The predicted octanol–water partition coefficient (Wildman–Crippen LogP) is 7.79. The van der Waals surface area contributed by atoms with Crippen LogP contribution in [0.5, 0.6) is 5.75 Å². The summed E-state index contributed by atoms with van der Waals surface area (Å²) in [5, 5.41) is 22.0. The maximum absolute atomic E-state index is 12.8. The lowest BCUT2D eigenvalue weighted by atomic mass is 9.92. The van der Waals surface area contributed by atoms with Gasteiger partial charge >= 0.3 is 11.7 Å². The number of hydrogen-bond acceptors (Lipinski definition) is 10. The summed E-state index contributed by atoms with van der Waals surface area (Å²) in [5.74, 6) is 0.530. The zero-order chi connectivity index (χ0) is 32.9. The predicted molar refractivity (Wildman–Crippen MR) is 179 cm³/mol. The van der Waals surface area contributed by atoms with Gasteiger partial charge in [-0.25, -0.2) is 4.63 Å². The Labute approximate surface area is 272 Å². The standard InChI is InChI=1S/C35H51N5O6/c1-25-16-19-32(44-4)28(22-25)24-33(41)45-27(3)23-29-15-13-14-26(2)39(29)21-12-10-8-6-5-7-9-11-20-36-30-17-18-31(40(42)43)35-34(30)37-46-38-35/h16-19,22,26-27,29,36H,5-15,20-21,23-24H2,1-4H3. The Hall–Kier alpha value is -3.73. The van der Waals surface area contributed by atoms with Crippen LogP contribution in [0.4, 0.5) is 11.4 Å². The van der Waals surface area contributed by atoms with Crippen LogP contribution in [0.3, 0.4) is 0 Å². The van der Waals surface area contributed by atoms with E-state index in [0.29, 0.717) is 23.3 Å². The van der Waals surface area contributed by atoms with Gasteiger partial charge in [0, 0.05) is 30.3 Å². The molecule has 0 amide bonds. The third-order valence-electron chi connectivity index (χ3n) is 9.15. The maximum atomic E-state index is 12.8. The number of nitro groups is 1. The van der Waals surface area contributed by atoms with Gasteiger partial charge in [-0.3, -0.25) is 19.8 Å². The lowest BCUT2D eigenvalue weighted by molar-refractivity contribution is -0.383. The van der Waals surface area contributed by atoms with Crippen molar-refractivity contribution in [3.05, 3.63) is 51.6 Å². The van der Waals surface area contributed by atoms with Gasteiger partial charge in [-0.1, -0.05) is 62.6 Å². The Balaban J connectivity index is 1.08. The van der Waals surface area contributed by atoms with Gasteiger partial charge in [-0.05, 0) is 81.9 Å². The summed E-state index contributed by atoms with van der Waals surface area (Å²) in [7, 11) is 1.63. The van der Waals surface area contributed by atoms with Crippen molar-refractivity contribution in [3.8, 4) is 5.75 Å². The molecule has 0 radical (unpaired) electrons. The van der Waals surface area contributed by atoms with E-state index < -0.39 is 4.92 Å². The number of fused-ring (bicyclic) bond motifs is 1. The molecule has 3 atom stereocenters. The van der Waals surface area contributed by atoms with Gasteiger partial charge in [0.25, 0.3) is 0 Å². The van der Waals surface area contributed by atoms with E-state index in [2.05, 4.69) is 27.5 Å². The number of rotatable bonds is 19. The molecule has 1 N–H and O–H groups in total. The van der Waals surface area contributed by atoms with Gasteiger partial charge in [0.05, 0.1) is 24.1 Å². The molecule has 2 aromatic carbocycles. The number of ether oxygens (including phenoxy) is 2. The van der Waals surface area contributed by atoms with E-state index in [-0.39, 0.29) is 29.7 Å². The lowest BCUT2D eigenvalue weighted by Crippen LogP contribution is -2.47. The van der Waals surface area contributed by atoms with E-state index in [1.165, 1.54) is 57.4 Å². The Morgan fingerprint density at radius 3 is 2.52 bits per heavy atom. The normalized spacial score (nSPS) is 17.6. The molecular formula is C35H51N5O6. The number of non-ortho nitro benzene ring substituents is 1. The van der Waals surface area contributed by atoms with Crippen molar-refractivity contribution in [2.24, 2.45) is 0 Å². The van der Waals surface area contributed by atoms with Crippen molar-refractivity contribution >= 4 is 28.4 Å². The van der Waals surface area contributed by atoms with E-state index in [4.69, 9.17) is 14.1 Å². The fourth-order valence-corrected chi connectivity index (χ4v) is 6.74. The van der Waals surface area contributed by atoms with Crippen molar-refractivity contribution in [3.63, 3.8) is 0 Å². The molecule has 3 unspecified atom stereocenters. The summed E-state index contributed by atoms with van der Waals surface area (Å²) in [6.07, 6.45) is 14.1. The van der Waals surface area contributed by atoms with Crippen molar-refractivity contribution in [1.82, 2.24) is 15.2 Å². The number of carbonyl (C=O) groups is 1. The zero-order valence-corrected chi connectivity index (χ0v) is 28.0.